The maximum Gasteiger partial charge on any atom is 0.418 e. The van der Waals surface area contributed by atoms with E-state index in [1.165, 1.54) is 18.2 Å². The lowest BCUT2D eigenvalue weighted by Crippen LogP contribution is -2.14. The van der Waals surface area contributed by atoms with Gasteiger partial charge in [-0.05, 0) is 24.3 Å². The summed E-state index contributed by atoms with van der Waals surface area (Å²) in [5.74, 6) is -0.523. The highest BCUT2D eigenvalue weighted by atomic mass is 19.4. The Morgan fingerprint density at radius 1 is 1.00 bits per heavy atom. The molecule has 27 heavy (non-hydrogen) atoms. The maximum absolute atomic E-state index is 13.1. The topological polar surface area (TPSA) is 90.0 Å². The molecule has 8 nitrogen and oxygen atoms in total. The van der Waals surface area contributed by atoms with E-state index in [9.17, 15) is 18.0 Å². The van der Waals surface area contributed by atoms with Crippen molar-refractivity contribution in [3.63, 3.8) is 0 Å². The van der Waals surface area contributed by atoms with Gasteiger partial charge in [-0.15, -0.1) is 15.3 Å². The van der Waals surface area contributed by atoms with Gasteiger partial charge < -0.3 is 0 Å². The smallest absolute Gasteiger partial charge is 0.289 e. The standard InChI is InChI=1S/C16H10F3N7O/c17-16(18,19)10-5-1-2-6-12(10)26-9-11(21-24-26)14(27)20-15-23-22-13-7-3-4-8-25(13)15/h1-9H,(H,20,23,27). The number of hydrogen-bond acceptors (Lipinski definition) is 5. The molecule has 4 rings (SSSR count). The average molecular weight is 373 g/mol. The summed E-state index contributed by atoms with van der Waals surface area (Å²) in [7, 11) is 0. The van der Waals surface area contributed by atoms with E-state index in [1.807, 2.05) is 0 Å². The molecule has 3 aromatic heterocycles. The molecule has 1 amide bonds. The molecule has 4 aromatic rings. The zero-order valence-electron chi connectivity index (χ0n) is 13.4. The van der Waals surface area contributed by atoms with Gasteiger partial charge in [0.1, 0.15) is 0 Å². The van der Waals surface area contributed by atoms with Crippen molar-refractivity contribution in [1.29, 1.82) is 0 Å². The summed E-state index contributed by atoms with van der Waals surface area (Å²) in [4.78, 5) is 12.4. The number of alkyl halides is 3. The van der Waals surface area contributed by atoms with Crippen LogP contribution in [0.5, 0.6) is 0 Å². The lowest BCUT2D eigenvalue weighted by Gasteiger charge is -2.11. The van der Waals surface area contributed by atoms with Crippen molar-refractivity contribution in [3.8, 4) is 5.69 Å². The number of hydrogen-bond donors (Lipinski definition) is 1. The average Bonchev–Trinajstić information content (AvgIpc) is 3.29. The number of aromatic nitrogens is 6. The number of benzene rings is 1. The van der Waals surface area contributed by atoms with Gasteiger partial charge in [0.25, 0.3) is 5.91 Å². The third kappa shape index (κ3) is 3.10. The molecular formula is C16H10F3N7O. The van der Waals surface area contributed by atoms with E-state index in [2.05, 4.69) is 25.8 Å². The predicted octanol–water partition coefficient (Wildman–Crippen LogP) is 2.58. The summed E-state index contributed by atoms with van der Waals surface area (Å²) in [6.45, 7) is 0. The Morgan fingerprint density at radius 2 is 1.78 bits per heavy atom. The minimum Gasteiger partial charge on any atom is -0.289 e. The Morgan fingerprint density at radius 3 is 2.59 bits per heavy atom. The zero-order valence-corrected chi connectivity index (χ0v) is 13.4. The molecule has 1 aromatic carbocycles. The molecular weight excluding hydrogens is 363 g/mol. The summed E-state index contributed by atoms with van der Waals surface area (Å²) < 4.78 is 41.9. The summed E-state index contributed by atoms with van der Waals surface area (Å²) in [6, 6.07) is 10.1. The minimum atomic E-state index is -4.56. The van der Waals surface area contributed by atoms with Gasteiger partial charge >= 0.3 is 6.18 Å². The second-order valence-electron chi connectivity index (χ2n) is 5.47. The van der Waals surface area contributed by atoms with Crippen LogP contribution < -0.4 is 5.32 Å². The number of amides is 1. The second kappa shape index (κ2) is 6.20. The molecule has 11 heteroatoms. The van der Waals surface area contributed by atoms with Crippen LogP contribution in [0.15, 0.2) is 54.9 Å². The number of fused-ring (bicyclic) bond motifs is 1. The highest BCUT2D eigenvalue weighted by Crippen LogP contribution is 2.33. The molecule has 0 spiro atoms. The molecule has 0 aliphatic rings. The van der Waals surface area contributed by atoms with Crippen molar-refractivity contribution in [3.05, 3.63) is 66.1 Å². The summed E-state index contributed by atoms with van der Waals surface area (Å²) in [6.07, 6.45) is -1.80. The zero-order chi connectivity index (χ0) is 19.0. The van der Waals surface area contributed by atoms with Crippen LogP contribution in [0.4, 0.5) is 19.1 Å². The number of carbonyl (C=O) groups is 1. The first-order valence-electron chi connectivity index (χ1n) is 7.63. The Hall–Kier alpha value is -3.76. The van der Waals surface area contributed by atoms with E-state index in [0.717, 1.165) is 16.9 Å². The number of pyridine rings is 1. The van der Waals surface area contributed by atoms with E-state index in [-0.39, 0.29) is 17.3 Å². The van der Waals surface area contributed by atoms with Crippen LogP contribution in [0, 0.1) is 0 Å². The molecule has 136 valence electrons. The van der Waals surface area contributed by atoms with E-state index < -0.39 is 17.6 Å². The molecule has 0 saturated heterocycles. The van der Waals surface area contributed by atoms with Crippen molar-refractivity contribution in [1.82, 2.24) is 29.6 Å². The number of rotatable bonds is 3. The van der Waals surface area contributed by atoms with E-state index >= 15 is 0 Å². The van der Waals surface area contributed by atoms with Crippen molar-refractivity contribution in [2.75, 3.05) is 5.32 Å². The quantitative estimate of drug-likeness (QED) is 0.596. The lowest BCUT2D eigenvalue weighted by atomic mass is 10.1. The molecule has 0 fully saturated rings. The van der Waals surface area contributed by atoms with Crippen LogP contribution in [0.2, 0.25) is 0 Å². The Kier molecular flexibility index (Phi) is 3.83. The third-order valence-electron chi connectivity index (χ3n) is 3.72. The fraction of sp³-hybridized carbons (Fsp3) is 0.0625. The van der Waals surface area contributed by atoms with E-state index in [1.54, 1.807) is 28.8 Å². The van der Waals surface area contributed by atoms with Gasteiger partial charge in [0.05, 0.1) is 17.4 Å². The first kappa shape index (κ1) is 16.7. The number of anilines is 1. The van der Waals surface area contributed by atoms with Crippen LogP contribution in [-0.4, -0.2) is 35.5 Å². The van der Waals surface area contributed by atoms with Crippen LogP contribution >= 0.6 is 0 Å². The molecule has 0 bridgehead atoms. The Balaban J connectivity index is 1.63. The minimum absolute atomic E-state index is 0.154. The normalized spacial score (nSPS) is 11.7. The van der Waals surface area contributed by atoms with Gasteiger partial charge in [0.15, 0.2) is 11.3 Å². The van der Waals surface area contributed by atoms with Gasteiger partial charge in [-0.1, -0.05) is 23.4 Å². The second-order valence-corrected chi connectivity index (χ2v) is 5.47. The SMILES string of the molecule is O=C(Nc1nnc2ccccn12)c1cn(-c2ccccc2C(F)(F)F)nn1. The van der Waals surface area contributed by atoms with Crippen LogP contribution in [0.1, 0.15) is 16.1 Å². The molecule has 1 N–H and O–H groups in total. The summed E-state index contributed by atoms with van der Waals surface area (Å²) >= 11 is 0. The van der Waals surface area contributed by atoms with Crippen LogP contribution in [0.3, 0.4) is 0 Å². The van der Waals surface area contributed by atoms with Crippen molar-refractivity contribution >= 4 is 17.5 Å². The summed E-state index contributed by atoms with van der Waals surface area (Å²) in [5, 5.41) is 17.5. The highest BCUT2D eigenvalue weighted by molar-refractivity contribution is 6.01. The van der Waals surface area contributed by atoms with Crippen LogP contribution in [0.25, 0.3) is 11.3 Å². The number of para-hydroxylation sites is 1. The molecule has 0 radical (unpaired) electrons. The van der Waals surface area contributed by atoms with Gasteiger partial charge in [0.2, 0.25) is 5.95 Å². The maximum atomic E-state index is 13.1. The van der Waals surface area contributed by atoms with E-state index in [0.29, 0.717) is 5.65 Å². The fourth-order valence-corrected chi connectivity index (χ4v) is 2.49. The van der Waals surface area contributed by atoms with Gasteiger partial charge in [-0.2, -0.15) is 13.2 Å². The van der Waals surface area contributed by atoms with Gasteiger partial charge in [-0.25, -0.2) is 4.68 Å². The van der Waals surface area contributed by atoms with Crippen LogP contribution in [-0.2, 0) is 6.18 Å². The predicted molar refractivity (Wildman–Crippen MR) is 87.3 cm³/mol. The van der Waals surface area contributed by atoms with E-state index in [4.69, 9.17) is 0 Å². The Labute approximate surface area is 149 Å². The fourth-order valence-electron chi connectivity index (χ4n) is 2.49. The first-order valence-corrected chi connectivity index (χ1v) is 7.63. The number of halogens is 3. The first-order chi connectivity index (χ1) is 12.9. The molecule has 0 aliphatic carbocycles. The largest absolute Gasteiger partial charge is 0.418 e. The van der Waals surface area contributed by atoms with Crippen molar-refractivity contribution in [2.24, 2.45) is 0 Å². The van der Waals surface area contributed by atoms with Gasteiger partial charge in [0, 0.05) is 6.20 Å². The summed E-state index contributed by atoms with van der Waals surface area (Å²) in [5.41, 5.74) is -0.759. The van der Waals surface area contributed by atoms with Gasteiger partial charge in [-0.3, -0.25) is 14.5 Å². The lowest BCUT2D eigenvalue weighted by molar-refractivity contribution is -0.137. The Bertz CT molecular complexity index is 1130. The monoisotopic (exact) mass is 373 g/mol. The third-order valence-corrected chi connectivity index (χ3v) is 3.72. The number of nitrogens with one attached hydrogen (secondary N) is 1. The van der Waals surface area contributed by atoms with Crippen molar-refractivity contribution in [2.45, 2.75) is 6.18 Å². The molecule has 0 unspecified atom stereocenters. The molecule has 0 saturated carbocycles. The van der Waals surface area contributed by atoms with Crippen molar-refractivity contribution < 1.29 is 18.0 Å². The number of nitrogens with zero attached hydrogens (tertiary/aromatic N) is 6. The number of carbonyl (C=O) groups excluding carboxylic acids is 1. The molecule has 0 aliphatic heterocycles. The highest BCUT2D eigenvalue weighted by Gasteiger charge is 2.34. The molecule has 0 atom stereocenters. The molecule has 3 heterocycles.